The van der Waals surface area contributed by atoms with Crippen LogP contribution >= 0.6 is 23.2 Å². The number of halogens is 2. The number of imide groups is 1. The second-order valence-electron chi connectivity index (χ2n) is 9.02. The minimum absolute atomic E-state index is 0.00978. The summed E-state index contributed by atoms with van der Waals surface area (Å²) in [6.07, 6.45) is 7.04. The van der Waals surface area contributed by atoms with Crippen LogP contribution in [-0.2, 0) is 25.7 Å². The summed E-state index contributed by atoms with van der Waals surface area (Å²) in [5, 5.41) is 3.71. The van der Waals surface area contributed by atoms with Gasteiger partial charge in [-0.15, -0.1) is 0 Å². The molecule has 1 heterocycles. The molecule has 0 bridgehead atoms. The number of likely N-dealkylation sites (tertiary alicyclic amines) is 1. The summed E-state index contributed by atoms with van der Waals surface area (Å²) < 4.78 is 0. The fraction of sp³-hybridized carbons (Fsp3) is 0.538. The van der Waals surface area contributed by atoms with Gasteiger partial charge in [-0.05, 0) is 37.8 Å². The summed E-state index contributed by atoms with van der Waals surface area (Å²) in [5.74, 6) is -1.71. The van der Waals surface area contributed by atoms with Gasteiger partial charge >= 0.3 is 0 Å². The summed E-state index contributed by atoms with van der Waals surface area (Å²) in [4.78, 5) is 54.8. The van der Waals surface area contributed by atoms with Crippen LogP contribution in [0.15, 0.2) is 30.4 Å². The summed E-state index contributed by atoms with van der Waals surface area (Å²) in [7, 11) is 0. The predicted octanol–water partition coefficient (Wildman–Crippen LogP) is 4.36. The predicted molar refractivity (Wildman–Crippen MR) is 136 cm³/mol. The molecule has 4 amide bonds. The zero-order valence-corrected chi connectivity index (χ0v) is 21.8. The number of hydrogen-bond acceptors (Lipinski definition) is 4. The summed E-state index contributed by atoms with van der Waals surface area (Å²) >= 11 is 12.7. The van der Waals surface area contributed by atoms with Crippen molar-refractivity contribution in [2.24, 2.45) is 11.8 Å². The fourth-order valence-electron chi connectivity index (χ4n) is 4.72. The van der Waals surface area contributed by atoms with Gasteiger partial charge in [0, 0.05) is 41.7 Å². The Hall–Kier alpha value is -2.38. The van der Waals surface area contributed by atoms with E-state index in [1.54, 1.807) is 18.2 Å². The highest BCUT2D eigenvalue weighted by molar-refractivity contribution is 6.36. The molecule has 1 fully saturated rings. The average molecular weight is 522 g/mol. The highest BCUT2D eigenvalue weighted by atomic mass is 35.5. The standard InChI is InChI=1S/C26H33Cl2N3O4/c1-3-5-14-29-24(33)22(4-2)31(16-19-20(27)11-8-12-21(19)28)23(32)13-15-30-25(34)17-9-6-7-10-18(17)26(30)35/h6-8,11-12,17-18,22H,3-5,9-10,13-16H2,1-2H3,(H,29,33)/t17-,18+,22?. The third-order valence-electron chi connectivity index (χ3n) is 6.75. The van der Waals surface area contributed by atoms with Crippen molar-refractivity contribution in [3.63, 3.8) is 0 Å². The van der Waals surface area contributed by atoms with Gasteiger partial charge in [0.1, 0.15) is 6.04 Å². The molecule has 35 heavy (non-hydrogen) atoms. The van der Waals surface area contributed by atoms with Gasteiger partial charge in [-0.1, -0.05) is 61.7 Å². The Labute approximate surface area is 216 Å². The Balaban J connectivity index is 1.78. The Morgan fingerprint density at radius 3 is 2.23 bits per heavy atom. The van der Waals surface area contributed by atoms with E-state index in [1.165, 1.54) is 9.80 Å². The molecule has 0 radical (unpaired) electrons. The molecule has 1 N–H and O–H groups in total. The number of allylic oxidation sites excluding steroid dienone is 2. The number of unbranched alkanes of at least 4 members (excludes halogenated alkanes) is 1. The van der Waals surface area contributed by atoms with E-state index in [1.807, 2.05) is 26.0 Å². The van der Waals surface area contributed by atoms with E-state index >= 15 is 0 Å². The molecule has 0 aromatic heterocycles. The minimum atomic E-state index is -0.733. The maximum Gasteiger partial charge on any atom is 0.242 e. The van der Waals surface area contributed by atoms with E-state index in [-0.39, 0.29) is 55.0 Å². The number of fused-ring (bicyclic) bond motifs is 1. The van der Waals surface area contributed by atoms with Crippen molar-refractivity contribution in [2.45, 2.75) is 65.0 Å². The lowest BCUT2D eigenvalue weighted by Crippen LogP contribution is -2.50. The molecular weight excluding hydrogens is 489 g/mol. The molecule has 7 nitrogen and oxygen atoms in total. The average Bonchev–Trinajstić information content (AvgIpc) is 3.09. The van der Waals surface area contributed by atoms with Crippen LogP contribution in [-0.4, -0.2) is 52.6 Å². The summed E-state index contributed by atoms with van der Waals surface area (Å²) in [5.41, 5.74) is 0.550. The van der Waals surface area contributed by atoms with Gasteiger partial charge in [-0.25, -0.2) is 0 Å². The zero-order chi connectivity index (χ0) is 25.5. The molecule has 0 spiro atoms. The number of rotatable bonds is 11. The van der Waals surface area contributed by atoms with Crippen molar-refractivity contribution in [2.75, 3.05) is 13.1 Å². The van der Waals surface area contributed by atoms with Gasteiger partial charge in [0.15, 0.2) is 0 Å². The first-order chi connectivity index (χ1) is 16.8. The number of carbonyl (C=O) groups is 4. The molecule has 190 valence electrons. The van der Waals surface area contributed by atoms with E-state index in [2.05, 4.69) is 5.32 Å². The fourth-order valence-corrected chi connectivity index (χ4v) is 5.24. The van der Waals surface area contributed by atoms with Crippen LogP contribution in [0.25, 0.3) is 0 Å². The molecule has 1 aromatic carbocycles. The number of nitrogens with zero attached hydrogens (tertiary/aromatic N) is 2. The van der Waals surface area contributed by atoms with Crippen LogP contribution in [0, 0.1) is 11.8 Å². The molecule has 9 heteroatoms. The molecule has 1 aliphatic carbocycles. The third-order valence-corrected chi connectivity index (χ3v) is 7.46. The molecule has 1 saturated heterocycles. The molecule has 3 atom stereocenters. The quantitative estimate of drug-likeness (QED) is 0.266. The topological polar surface area (TPSA) is 86.8 Å². The van der Waals surface area contributed by atoms with Gasteiger partial charge in [0.25, 0.3) is 0 Å². The van der Waals surface area contributed by atoms with E-state index in [0.29, 0.717) is 41.4 Å². The normalized spacial score (nSPS) is 20.1. The lowest BCUT2D eigenvalue weighted by Gasteiger charge is -2.31. The van der Waals surface area contributed by atoms with Crippen molar-refractivity contribution in [3.8, 4) is 0 Å². The first-order valence-electron chi connectivity index (χ1n) is 12.3. The largest absolute Gasteiger partial charge is 0.354 e. The monoisotopic (exact) mass is 521 g/mol. The number of carbonyl (C=O) groups excluding carboxylic acids is 4. The first kappa shape index (κ1) is 27.2. The van der Waals surface area contributed by atoms with Crippen LogP contribution in [0.3, 0.4) is 0 Å². The molecule has 2 aliphatic rings. The third kappa shape index (κ3) is 6.25. The van der Waals surface area contributed by atoms with Crippen molar-refractivity contribution in [3.05, 3.63) is 46.0 Å². The maximum atomic E-state index is 13.5. The van der Waals surface area contributed by atoms with E-state index in [4.69, 9.17) is 23.2 Å². The van der Waals surface area contributed by atoms with Crippen LogP contribution in [0.2, 0.25) is 10.0 Å². The Kier molecular flexibility index (Phi) is 9.75. The van der Waals surface area contributed by atoms with Crippen molar-refractivity contribution in [1.29, 1.82) is 0 Å². The number of hydrogen-bond donors (Lipinski definition) is 1. The smallest absolute Gasteiger partial charge is 0.242 e. The molecule has 1 aromatic rings. The lowest BCUT2D eigenvalue weighted by atomic mass is 9.85. The Bertz CT molecular complexity index is 951. The zero-order valence-electron chi connectivity index (χ0n) is 20.3. The van der Waals surface area contributed by atoms with Crippen molar-refractivity contribution >= 4 is 46.8 Å². The van der Waals surface area contributed by atoms with Gasteiger partial charge < -0.3 is 10.2 Å². The molecule has 3 rings (SSSR count). The van der Waals surface area contributed by atoms with Crippen LogP contribution < -0.4 is 5.32 Å². The van der Waals surface area contributed by atoms with Gasteiger partial charge in [0.2, 0.25) is 23.6 Å². The van der Waals surface area contributed by atoms with Crippen molar-refractivity contribution in [1.82, 2.24) is 15.1 Å². The van der Waals surface area contributed by atoms with Crippen LogP contribution in [0.5, 0.6) is 0 Å². The highest BCUT2D eigenvalue weighted by Crippen LogP contribution is 2.35. The van der Waals surface area contributed by atoms with Gasteiger partial charge in [-0.3, -0.25) is 24.1 Å². The number of nitrogens with one attached hydrogen (secondary N) is 1. The maximum absolute atomic E-state index is 13.5. The summed E-state index contributed by atoms with van der Waals surface area (Å²) in [6, 6.07) is 4.35. The number of amides is 4. The van der Waals surface area contributed by atoms with Gasteiger partial charge in [0.05, 0.1) is 11.8 Å². The Morgan fingerprint density at radius 1 is 1.09 bits per heavy atom. The summed E-state index contributed by atoms with van der Waals surface area (Å²) in [6.45, 7) is 4.43. The van der Waals surface area contributed by atoms with E-state index < -0.39 is 6.04 Å². The minimum Gasteiger partial charge on any atom is -0.354 e. The first-order valence-corrected chi connectivity index (χ1v) is 13.1. The second-order valence-corrected chi connectivity index (χ2v) is 9.84. The lowest BCUT2D eigenvalue weighted by molar-refractivity contribution is -0.144. The molecular formula is C26H33Cl2N3O4. The van der Waals surface area contributed by atoms with Gasteiger partial charge in [-0.2, -0.15) is 0 Å². The number of benzene rings is 1. The van der Waals surface area contributed by atoms with Crippen molar-refractivity contribution < 1.29 is 19.2 Å². The molecule has 0 saturated carbocycles. The molecule has 1 aliphatic heterocycles. The molecule has 1 unspecified atom stereocenters. The highest BCUT2D eigenvalue weighted by Gasteiger charge is 2.47. The van der Waals surface area contributed by atoms with Crippen LogP contribution in [0.4, 0.5) is 0 Å². The SMILES string of the molecule is CCCCNC(=O)C(CC)N(Cc1c(Cl)cccc1Cl)C(=O)CCN1C(=O)[C@H]2CC=CC[C@H]2C1=O. The van der Waals surface area contributed by atoms with Crippen LogP contribution in [0.1, 0.15) is 57.9 Å². The van der Waals surface area contributed by atoms with E-state index in [0.717, 1.165) is 12.8 Å². The van der Waals surface area contributed by atoms with E-state index in [9.17, 15) is 19.2 Å². The second kappa shape index (κ2) is 12.5. The Morgan fingerprint density at radius 2 is 1.69 bits per heavy atom.